The zero-order chi connectivity index (χ0) is 15.7. The van der Waals surface area contributed by atoms with Crippen molar-refractivity contribution in [2.24, 2.45) is 0 Å². The third-order valence-corrected chi connectivity index (χ3v) is 2.74. The average molecular weight is 293 g/mol. The predicted molar refractivity (Wildman–Crippen MR) is 81.1 cm³/mol. The van der Waals surface area contributed by atoms with Crippen molar-refractivity contribution in [3.8, 4) is 5.75 Å². The number of nitrogens with zero attached hydrogens (tertiary/aromatic N) is 1. The van der Waals surface area contributed by atoms with E-state index < -0.39 is 6.04 Å². The van der Waals surface area contributed by atoms with E-state index in [9.17, 15) is 9.59 Å². The Labute approximate surface area is 125 Å². The Balaban J connectivity index is 2.25. The maximum Gasteiger partial charge on any atom is 0.258 e. The summed E-state index contributed by atoms with van der Waals surface area (Å²) in [5, 5.41) is 5.36. The number of para-hydroxylation sites is 1. The van der Waals surface area contributed by atoms with Gasteiger partial charge in [-0.3, -0.25) is 9.59 Å². The second-order valence-electron chi connectivity index (χ2n) is 4.99. The molecule has 1 aromatic carbocycles. The molecule has 0 aliphatic carbocycles. The molecule has 0 aliphatic rings. The Morgan fingerprint density at radius 2 is 1.90 bits per heavy atom. The zero-order valence-electron chi connectivity index (χ0n) is 12.8. The molecule has 21 heavy (non-hydrogen) atoms. The molecule has 0 aliphatic heterocycles. The van der Waals surface area contributed by atoms with Crippen molar-refractivity contribution < 1.29 is 14.3 Å². The van der Waals surface area contributed by atoms with E-state index in [0.29, 0.717) is 12.3 Å². The van der Waals surface area contributed by atoms with Crippen molar-refractivity contribution in [1.82, 2.24) is 15.5 Å². The smallest absolute Gasteiger partial charge is 0.258 e. The van der Waals surface area contributed by atoms with E-state index in [4.69, 9.17) is 4.74 Å². The maximum absolute atomic E-state index is 11.7. The van der Waals surface area contributed by atoms with Crippen LogP contribution in [0.25, 0.3) is 0 Å². The fourth-order valence-corrected chi connectivity index (χ4v) is 1.57. The van der Waals surface area contributed by atoms with E-state index in [0.717, 1.165) is 6.54 Å². The fourth-order valence-electron chi connectivity index (χ4n) is 1.57. The highest BCUT2D eigenvalue weighted by atomic mass is 16.5. The Morgan fingerprint density at radius 1 is 1.24 bits per heavy atom. The highest BCUT2D eigenvalue weighted by molar-refractivity contribution is 5.87. The van der Waals surface area contributed by atoms with Crippen molar-refractivity contribution in [3.05, 3.63) is 30.3 Å². The van der Waals surface area contributed by atoms with Gasteiger partial charge in [-0.25, -0.2) is 0 Å². The molecule has 1 aromatic rings. The van der Waals surface area contributed by atoms with E-state index in [2.05, 4.69) is 10.6 Å². The van der Waals surface area contributed by atoms with E-state index in [1.807, 2.05) is 37.2 Å². The van der Waals surface area contributed by atoms with Crippen LogP contribution in [0.4, 0.5) is 0 Å². The first-order valence-corrected chi connectivity index (χ1v) is 6.88. The molecule has 1 atom stereocenters. The SMILES string of the molecule is CC(NC(=O)COc1ccccc1)C(=O)NCCN(C)C. The number of benzene rings is 1. The van der Waals surface area contributed by atoms with Crippen LogP contribution in [0.5, 0.6) is 5.75 Å². The summed E-state index contributed by atoms with van der Waals surface area (Å²) in [7, 11) is 3.86. The quantitative estimate of drug-likeness (QED) is 0.721. The number of rotatable bonds is 8. The lowest BCUT2D eigenvalue weighted by Crippen LogP contribution is -2.47. The molecule has 6 heteroatoms. The lowest BCUT2D eigenvalue weighted by atomic mass is 10.3. The van der Waals surface area contributed by atoms with Crippen LogP contribution in [-0.2, 0) is 9.59 Å². The van der Waals surface area contributed by atoms with Gasteiger partial charge in [0.15, 0.2) is 6.61 Å². The second kappa shape index (κ2) is 8.97. The van der Waals surface area contributed by atoms with Crippen molar-refractivity contribution in [2.45, 2.75) is 13.0 Å². The van der Waals surface area contributed by atoms with Crippen LogP contribution in [0.15, 0.2) is 30.3 Å². The molecule has 0 radical (unpaired) electrons. The van der Waals surface area contributed by atoms with Gasteiger partial charge in [0.2, 0.25) is 5.91 Å². The number of ether oxygens (including phenoxy) is 1. The van der Waals surface area contributed by atoms with Gasteiger partial charge < -0.3 is 20.3 Å². The largest absolute Gasteiger partial charge is 0.484 e. The molecular formula is C15H23N3O3. The molecular weight excluding hydrogens is 270 g/mol. The number of hydrogen-bond donors (Lipinski definition) is 2. The topological polar surface area (TPSA) is 70.7 Å². The van der Waals surface area contributed by atoms with Crippen LogP contribution in [0.1, 0.15) is 6.92 Å². The molecule has 0 heterocycles. The number of carbonyl (C=O) groups is 2. The summed E-state index contributed by atoms with van der Waals surface area (Å²) in [6, 6.07) is 8.48. The molecule has 0 spiro atoms. The van der Waals surface area contributed by atoms with E-state index >= 15 is 0 Å². The third-order valence-electron chi connectivity index (χ3n) is 2.74. The van der Waals surface area contributed by atoms with Crippen molar-refractivity contribution in [3.63, 3.8) is 0 Å². The molecule has 2 amide bonds. The van der Waals surface area contributed by atoms with Gasteiger partial charge in [0.25, 0.3) is 5.91 Å². The van der Waals surface area contributed by atoms with Crippen LogP contribution >= 0.6 is 0 Å². The van der Waals surface area contributed by atoms with E-state index in [1.54, 1.807) is 19.1 Å². The summed E-state index contributed by atoms with van der Waals surface area (Å²) >= 11 is 0. The molecule has 1 unspecified atom stereocenters. The summed E-state index contributed by atoms with van der Waals surface area (Å²) in [6.45, 7) is 2.83. The lowest BCUT2D eigenvalue weighted by molar-refractivity contribution is -0.129. The standard InChI is InChI=1S/C15H23N3O3/c1-12(15(20)16-9-10-18(2)3)17-14(19)11-21-13-7-5-4-6-8-13/h4-8,12H,9-11H2,1-3H3,(H,16,20)(H,17,19). The van der Waals surface area contributed by atoms with Crippen molar-refractivity contribution in [1.29, 1.82) is 0 Å². The van der Waals surface area contributed by atoms with E-state index in [1.165, 1.54) is 0 Å². The minimum absolute atomic E-state index is 0.112. The first-order chi connectivity index (χ1) is 9.99. The average Bonchev–Trinajstić information content (AvgIpc) is 2.45. The highest BCUT2D eigenvalue weighted by Crippen LogP contribution is 2.07. The van der Waals surface area contributed by atoms with Crippen LogP contribution in [0.2, 0.25) is 0 Å². The minimum Gasteiger partial charge on any atom is -0.484 e. The Bertz CT molecular complexity index is 449. The molecule has 0 bridgehead atoms. The van der Waals surface area contributed by atoms with Gasteiger partial charge in [0.1, 0.15) is 11.8 Å². The summed E-state index contributed by atoms with van der Waals surface area (Å²) in [4.78, 5) is 25.4. The van der Waals surface area contributed by atoms with Crippen LogP contribution in [-0.4, -0.2) is 56.5 Å². The monoisotopic (exact) mass is 293 g/mol. The second-order valence-corrected chi connectivity index (χ2v) is 4.99. The van der Waals surface area contributed by atoms with Crippen LogP contribution in [0.3, 0.4) is 0 Å². The van der Waals surface area contributed by atoms with E-state index in [-0.39, 0.29) is 18.4 Å². The van der Waals surface area contributed by atoms with Crippen LogP contribution in [0, 0.1) is 0 Å². The van der Waals surface area contributed by atoms with Gasteiger partial charge in [-0.05, 0) is 33.2 Å². The van der Waals surface area contributed by atoms with Gasteiger partial charge in [-0.15, -0.1) is 0 Å². The third kappa shape index (κ3) is 7.31. The highest BCUT2D eigenvalue weighted by Gasteiger charge is 2.15. The first kappa shape index (κ1) is 17.0. The normalized spacial score (nSPS) is 11.8. The fraction of sp³-hybridized carbons (Fsp3) is 0.467. The molecule has 0 aromatic heterocycles. The van der Waals surface area contributed by atoms with Crippen LogP contribution < -0.4 is 15.4 Å². The molecule has 0 saturated carbocycles. The summed E-state index contributed by atoms with van der Waals surface area (Å²) < 4.78 is 5.31. The summed E-state index contributed by atoms with van der Waals surface area (Å²) in [6.07, 6.45) is 0. The molecule has 6 nitrogen and oxygen atoms in total. The van der Waals surface area contributed by atoms with Gasteiger partial charge in [0.05, 0.1) is 0 Å². The summed E-state index contributed by atoms with van der Waals surface area (Å²) in [5.41, 5.74) is 0. The molecule has 116 valence electrons. The maximum atomic E-state index is 11.7. The number of nitrogens with one attached hydrogen (secondary N) is 2. The van der Waals surface area contributed by atoms with Crippen molar-refractivity contribution in [2.75, 3.05) is 33.8 Å². The Morgan fingerprint density at radius 3 is 2.52 bits per heavy atom. The number of likely N-dealkylation sites (N-methyl/N-ethyl adjacent to an activating group) is 1. The Hall–Kier alpha value is -2.08. The minimum atomic E-state index is -0.584. The Kier molecular flexibility index (Phi) is 7.25. The molecule has 0 saturated heterocycles. The van der Waals surface area contributed by atoms with Gasteiger partial charge >= 0.3 is 0 Å². The molecule has 0 fully saturated rings. The molecule has 2 N–H and O–H groups in total. The van der Waals surface area contributed by atoms with Gasteiger partial charge in [-0.1, -0.05) is 18.2 Å². The zero-order valence-corrected chi connectivity index (χ0v) is 12.8. The van der Waals surface area contributed by atoms with Gasteiger partial charge in [0, 0.05) is 13.1 Å². The van der Waals surface area contributed by atoms with Gasteiger partial charge in [-0.2, -0.15) is 0 Å². The summed E-state index contributed by atoms with van der Waals surface area (Å²) in [5.74, 6) is 0.0924. The molecule has 1 rings (SSSR count). The lowest BCUT2D eigenvalue weighted by Gasteiger charge is -2.15. The number of hydrogen-bond acceptors (Lipinski definition) is 4. The predicted octanol–water partition coefficient (Wildman–Crippen LogP) is 0.248. The number of amides is 2. The number of carbonyl (C=O) groups excluding carboxylic acids is 2. The van der Waals surface area contributed by atoms with Crippen molar-refractivity contribution >= 4 is 11.8 Å². The first-order valence-electron chi connectivity index (χ1n) is 6.88.